The Morgan fingerprint density at radius 2 is 1.88 bits per heavy atom. The molecule has 1 rings (SSSR count). The lowest BCUT2D eigenvalue weighted by Crippen LogP contribution is -2.43. The zero-order valence-electron chi connectivity index (χ0n) is 14.0. The number of amides is 3. The fourth-order valence-electron chi connectivity index (χ4n) is 1.87. The van der Waals surface area contributed by atoms with Gasteiger partial charge in [-0.15, -0.1) is 0 Å². The van der Waals surface area contributed by atoms with E-state index in [2.05, 4.69) is 10.6 Å². The van der Waals surface area contributed by atoms with Crippen LogP contribution in [0.1, 0.15) is 13.8 Å². The summed E-state index contributed by atoms with van der Waals surface area (Å²) in [6.45, 7) is 3.79. The van der Waals surface area contributed by atoms with Crippen molar-refractivity contribution in [3.8, 4) is 5.75 Å². The van der Waals surface area contributed by atoms with Gasteiger partial charge in [0.25, 0.3) is 0 Å². The van der Waals surface area contributed by atoms with Gasteiger partial charge < -0.3 is 25.4 Å². The fourth-order valence-corrected chi connectivity index (χ4v) is 1.87. The average Bonchev–Trinajstić information content (AvgIpc) is 2.54. The molecule has 24 heavy (non-hydrogen) atoms. The second-order valence-electron chi connectivity index (χ2n) is 5.28. The lowest BCUT2D eigenvalue weighted by Gasteiger charge is -2.19. The van der Waals surface area contributed by atoms with Crippen LogP contribution in [-0.4, -0.2) is 54.7 Å². The second kappa shape index (κ2) is 9.39. The number of carboxylic acids is 1. The maximum absolute atomic E-state index is 11.8. The molecule has 1 unspecified atom stereocenters. The van der Waals surface area contributed by atoms with Gasteiger partial charge >= 0.3 is 12.0 Å². The topological polar surface area (TPSA) is 108 Å². The number of ether oxygens (including phenoxy) is 1. The van der Waals surface area contributed by atoms with Gasteiger partial charge in [-0.25, -0.2) is 4.79 Å². The minimum absolute atomic E-state index is 0.0572. The number of nitrogens with one attached hydrogen (secondary N) is 2. The van der Waals surface area contributed by atoms with E-state index in [-0.39, 0.29) is 19.0 Å². The summed E-state index contributed by atoms with van der Waals surface area (Å²) in [4.78, 5) is 35.6. The molecule has 1 atom stereocenters. The van der Waals surface area contributed by atoms with E-state index in [1.165, 1.54) is 18.9 Å². The number of aliphatic carboxylic acids is 1. The van der Waals surface area contributed by atoms with Crippen LogP contribution in [-0.2, 0) is 9.59 Å². The van der Waals surface area contributed by atoms with E-state index in [1.807, 2.05) is 6.92 Å². The normalized spacial score (nSPS) is 11.3. The summed E-state index contributed by atoms with van der Waals surface area (Å²) in [7, 11) is 1.47. The number of carboxylic acid groups (broad SMARTS) is 1. The number of hydrogen-bond donors (Lipinski definition) is 3. The molecule has 8 heteroatoms. The maximum Gasteiger partial charge on any atom is 0.317 e. The Morgan fingerprint density at radius 3 is 2.42 bits per heavy atom. The molecular formula is C16H23N3O5. The summed E-state index contributed by atoms with van der Waals surface area (Å²) in [5.41, 5.74) is 0.588. The van der Waals surface area contributed by atoms with Gasteiger partial charge in [0.15, 0.2) is 0 Å². The summed E-state index contributed by atoms with van der Waals surface area (Å²) in [6.07, 6.45) is 0. The molecule has 0 fully saturated rings. The number of rotatable bonds is 8. The lowest BCUT2D eigenvalue weighted by molar-refractivity contribution is -0.141. The minimum Gasteiger partial charge on any atom is -0.494 e. The summed E-state index contributed by atoms with van der Waals surface area (Å²) in [5.74, 6) is -1.34. The quantitative estimate of drug-likeness (QED) is 0.664. The molecule has 1 aromatic carbocycles. The highest BCUT2D eigenvalue weighted by molar-refractivity contribution is 5.94. The molecule has 0 aromatic heterocycles. The van der Waals surface area contributed by atoms with Gasteiger partial charge in [0.05, 0.1) is 19.1 Å². The third kappa shape index (κ3) is 6.55. The molecule has 3 amide bonds. The van der Waals surface area contributed by atoms with Gasteiger partial charge in [0.2, 0.25) is 5.91 Å². The largest absolute Gasteiger partial charge is 0.494 e. The molecule has 0 spiro atoms. The van der Waals surface area contributed by atoms with Crippen LogP contribution in [0.15, 0.2) is 24.3 Å². The van der Waals surface area contributed by atoms with Crippen LogP contribution in [0.4, 0.5) is 10.5 Å². The van der Waals surface area contributed by atoms with Crippen molar-refractivity contribution >= 4 is 23.6 Å². The summed E-state index contributed by atoms with van der Waals surface area (Å²) >= 11 is 0. The molecular weight excluding hydrogens is 314 g/mol. The van der Waals surface area contributed by atoms with Crippen LogP contribution >= 0.6 is 0 Å². The van der Waals surface area contributed by atoms with Crippen LogP contribution in [0.5, 0.6) is 5.75 Å². The van der Waals surface area contributed by atoms with Crippen LogP contribution in [0.25, 0.3) is 0 Å². The van der Waals surface area contributed by atoms with Crippen molar-refractivity contribution in [3.63, 3.8) is 0 Å². The SMILES string of the molecule is CCOc1ccc(NC(=O)CNC(=O)N(C)CC(C)C(=O)O)cc1. The van der Waals surface area contributed by atoms with E-state index in [0.717, 1.165) is 0 Å². The molecule has 0 heterocycles. The number of anilines is 1. The van der Waals surface area contributed by atoms with Crippen LogP contribution in [0.3, 0.4) is 0 Å². The molecule has 0 aliphatic heterocycles. The zero-order chi connectivity index (χ0) is 18.1. The lowest BCUT2D eigenvalue weighted by atomic mass is 10.2. The minimum atomic E-state index is -0.983. The van der Waals surface area contributed by atoms with Gasteiger partial charge in [0, 0.05) is 19.3 Å². The number of carbonyl (C=O) groups is 3. The predicted molar refractivity (Wildman–Crippen MR) is 89.1 cm³/mol. The number of urea groups is 1. The molecule has 1 aromatic rings. The Kier molecular flexibility index (Phi) is 7.54. The molecule has 0 bridgehead atoms. The molecule has 0 saturated carbocycles. The first kappa shape index (κ1) is 19.3. The monoisotopic (exact) mass is 337 g/mol. The molecule has 0 aliphatic rings. The van der Waals surface area contributed by atoms with Crippen molar-refractivity contribution < 1.29 is 24.2 Å². The number of benzene rings is 1. The van der Waals surface area contributed by atoms with Crippen LogP contribution in [0.2, 0.25) is 0 Å². The van der Waals surface area contributed by atoms with Gasteiger partial charge in [-0.1, -0.05) is 6.92 Å². The molecule has 0 saturated heterocycles. The predicted octanol–water partition coefficient (Wildman–Crippen LogP) is 1.39. The van der Waals surface area contributed by atoms with E-state index in [0.29, 0.717) is 18.0 Å². The fraction of sp³-hybridized carbons (Fsp3) is 0.438. The van der Waals surface area contributed by atoms with Crippen LogP contribution in [0, 0.1) is 5.92 Å². The van der Waals surface area contributed by atoms with Crippen molar-refractivity contribution in [2.45, 2.75) is 13.8 Å². The highest BCUT2D eigenvalue weighted by atomic mass is 16.5. The average molecular weight is 337 g/mol. The Morgan fingerprint density at radius 1 is 1.25 bits per heavy atom. The van der Waals surface area contributed by atoms with E-state index in [9.17, 15) is 14.4 Å². The van der Waals surface area contributed by atoms with E-state index < -0.39 is 17.9 Å². The smallest absolute Gasteiger partial charge is 0.317 e. The maximum atomic E-state index is 11.8. The number of carbonyl (C=O) groups excluding carboxylic acids is 2. The van der Waals surface area contributed by atoms with Crippen molar-refractivity contribution in [2.75, 3.05) is 32.1 Å². The summed E-state index contributed by atoms with van der Waals surface area (Å²) < 4.78 is 5.30. The van der Waals surface area contributed by atoms with Gasteiger partial charge in [-0.05, 0) is 31.2 Å². The van der Waals surface area contributed by atoms with E-state index in [4.69, 9.17) is 9.84 Å². The Balaban J connectivity index is 2.39. The summed E-state index contributed by atoms with van der Waals surface area (Å²) in [5, 5.41) is 13.9. The molecule has 0 aliphatic carbocycles. The molecule has 8 nitrogen and oxygen atoms in total. The molecule has 132 valence electrons. The Bertz CT molecular complexity index is 574. The third-order valence-corrected chi connectivity index (χ3v) is 3.17. The Hall–Kier alpha value is -2.77. The Labute approximate surface area is 140 Å². The number of nitrogens with zero attached hydrogens (tertiary/aromatic N) is 1. The van der Waals surface area contributed by atoms with E-state index in [1.54, 1.807) is 24.3 Å². The van der Waals surface area contributed by atoms with Gasteiger partial charge in [-0.3, -0.25) is 9.59 Å². The standard InChI is InChI=1S/C16H23N3O5/c1-4-24-13-7-5-12(6-8-13)18-14(20)9-17-16(23)19(3)10-11(2)15(21)22/h5-8,11H,4,9-10H2,1-3H3,(H,17,23)(H,18,20)(H,21,22). The van der Waals surface area contributed by atoms with Crippen LogP contribution < -0.4 is 15.4 Å². The molecule has 0 radical (unpaired) electrons. The van der Waals surface area contributed by atoms with Crippen molar-refractivity contribution in [3.05, 3.63) is 24.3 Å². The highest BCUT2D eigenvalue weighted by Crippen LogP contribution is 2.15. The van der Waals surface area contributed by atoms with Crippen molar-refractivity contribution in [2.24, 2.45) is 5.92 Å². The van der Waals surface area contributed by atoms with Crippen molar-refractivity contribution in [1.29, 1.82) is 0 Å². The first-order valence-corrected chi connectivity index (χ1v) is 7.58. The number of hydrogen-bond acceptors (Lipinski definition) is 4. The van der Waals surface area contributed by atoms with Crippen molar-refractivity contribution in [1.82, 2.24) is 10.2 Å². The summed E-state index contributed by atoms with van der Waals surface area (Å²) in [6, 6.07) is 6.36. The first-order valence-electron chi connectivity index (χ1n) is 7.58. The third-order valence-electron chi connectivity index (χ3n) is 3.17. The van der Waals surface area contributed by atoms with E-state index >= 15 is 0 Å². The van der Waals surface area contributed by atoms with Gasteiger partial charge in [-0.2, -0.15) is 0 Å². The zero-order valence-corrected chi connectivity index (χ0v) is 14.0. The highest BCUT2D eigenvalue weighted by Gasteiger charge is 2.17. The molecule has 3 N–H and O–H groups in total. The van der Waals surface area contributed by atoms with Gasteiger partial charge in [0.1, 0.15) is 5.75 Å². The second-order valence-corrected chi connectivity index (χ2v) is 5.28. The first-order chi connectivity index (χ1) is 11.3.